The van der Waals surface area contributed by atoms with Gasteiger partial charge in [0.2, 0.25) is 5.91 Å². The van der Waals surface area contributed by atoms with Gasteiger partial charge in [-0.15, -0.1) is 0 Å². The average molecular weight is 292 g/mol. The summed E-state index contributed by atoms with van der Waals surface area (Å²) in [7, 11) is 0. The smallest absolute Gasteiger partial charge is 0.228 e. The van der Waals surface area contributed by atoms with Gasteiger partial charge in [-0.25, -0.2) is 9.97 Å². The van der Waals surface area contributed by atoms with Crippen molar-refractivity contribution < 1.29 is 4.79 Å². The molecule has 0 unspecified atom stereocenters. The third-order valence-electron chi connectivity index (χ3n) is 3.90. The Balaban J connectivity index is 1.54. The minimum atomic E-state index is 0.153. The summed E-state index contributed by atoms with van der Waals surface area (Å²) in [6.07, 6.45) is 7.54. The van der Waals surface area contributed by atoms with Gasteiger partial charge in [0.25, 0.3) is 0 Å². The second-order valence-corrected chi connectivity index (χ2v) is 6.57. The Kier molecular flexibility index (Phi) is 4.40. The highest BCUT2D eigenvalue weighted by Gasteiger charge is 2.22. The van der Waals surface area contributed by atoms with E-state index in [2.05, 4.69) is 15.3 Å². The van der Waals surface area contributed by atoms with Crippen LogP contribution in [0, 0.1) is 5.92 Å². The molecule has 2 fully saturated rings. The Labute approximate surface area is 123 Å². The van der Waals surface area contributed by atoms with Gasteiger partial charge in [0.1, 0.15) is 5.82 Å². The number of nitrogens with zero attached hydrogens (tertiary/aromatic N) is 3. The molecular weight excluding hydrogens is 272 g/mol. The zero-order chi connectivity index (χ0) is 13.8. The highest BCUT2D eigenvalue weighted by atomic mass is 32.2. The Bertz CT molecular complexity index is 459. The number of rotatable bonds is 4. The number of carbonyl (C=O) groups excluding carboxylic acids is 1. The summed E-state index contributed by atoms with van der Waals surface area (Å²) in [5.74, 6) is 4.92. The number of hydrogen-bond acceptors (Lipinski definition) is 5. The van der Waals surface area contributed by atoms with Crippen molar-refractivity contribution in [3.05, 3.63) is 12.4 Å². The second kappa shape index (κ2) is 6.43. The summed E-state index contributed by atoms with van der Waals surface area (Å²) in [6.45, 7) is 1.73. The lowest BCUT2D eigenvalue weighted by molar-refractivity contribution is -0.117. The van der Waals surface area contributed by atoms with Crippen molar-refractivity contribution in [3.63, 3.8) is 0 Å². The van der Waals surface area contributed by atoms with Gasteiger partial charge < -0.3 is 5.32 Å². The molecule has 108 valence electrons. The van der Waals surface area contributed by atoms with Crippen LogP contribution in [-0.4, -0.2) is 40.5 Å². The lowest BCUT2D eigenvalue weighted by atomic mass is 10.0. The highest BCUT2D eigenvalue weighted by Crippen LogP contribution is 2.23. The monoisotopic (exact) mass is 292 g/mol. The number of anilines is 2. The van der Waals surface area contributed by atoms with Crippen LogP contribution in [0.25, 0.3) is 0 Å². The lowest BCUT2D eigenvalue weighted by Crippen LogP contribution is -2.25. The Morgan fingerprint density at radius 1 is 1.30 bits per heavy atom. The zero-order valence-corrected chi connectivity index (χ0v) is 12.4. The van der Waals surface area contributed by atoms with Gasteiger partial charge in [-0.2, -0.15) is 11.8 Å². The van der Waals surface area contributed by atoms with E-state index in [-0.39, 0.29) is 5.91 Å². The first-order valence-electron chi connectivity index (χ1n) is 7.27. The fourth-order valence-electron chi connectivity index (χ4n) is 2.64. The number of hydrogen-bond donors (Lipinski definition) is 1. The molecule has 0 aliphatic carbocycles. The van der Waals surface area contributed by atoms with Crippen molar-refractivity contribution in [1.82, 2.24) is 9.97 Å². The van der Waals surface area contributed by atoms with E-state index >= 15 is 0 Å². The number of carbonyl (C=O) groups is 1. The molecule has 1 N–H and O–H groups in total. The number of thioether (sulfide) groups is 1. The molecule has 0 aromatic carbocycles. The third kappa shape index (κ3) is 3.23. The van der Waals surface area contributed by atoms with E-state index < -0.39 is 0 Å². The predicted octanol–water partition coefficient (Wildman–Crippen LogP) is 2.16. The van der Waals surface area contributed by atoms with Crippen LogP contribution in [0.5, 0.6) is 0 Å². The van der Waals surface area contributed by atoms with Crippen molar-refractivity contribution >= 4 is 29.3 Å². The van der Waals surface area contributed by atoms with Crippen LogP contribution in [0.15, 0.2) is 12.4 Å². The molecule has 2 aliphatic heterocycles. The Morgan fingerprint density at radius 3 is 2.80 bits per heavy atom. The molecule has 5 nitrogen and oxygen atoms in total. The van der Waals surface area contributed by atoms with Crippen LogP contribution in [-0.2, 0) is 4.79 Å². The third-order valence-corrected chi connectivity index (χ3v) is 4.95. The minimum absolute atomic E-state index is 0.153. The molecule has 0 saturated carbocycles. The summed E-state index contributed by atoms with van der Waals surface area (Å²) in [6, 6.07) is 0. The highest BCUT2D eigenvalue weighted by molar-refractivity contribution is 7.99. The largest absolute Gasteiger partial charge is 0.369 e. The summed E-state index contributed by atoms with van der Waals surface area (Å²) in [5, 5.41) is 3.36. The maximum Gasteiger partial charge on any atom is 0.228 e. The van der Waals surface area contributed by atoms with Gasteiger partial charge in [0.05, 0.1) is 12.4 Å². The van der Waals surface area contributed by atoms with Crippen molar-refractivity contribution in [1.29, 1.82) is 0 Å². The lowest BCUT2D eigenvalue weighted by Gasteiger charge is -2.21. The Morgan fingerprint density at radius 2 is 2.15 bits per heavy atom. The summed E-state index contributed by atoms with van der Waals surface area (Å²) in [5.41, 5.74) is 0. The van der Waals surface area contributed by atoms with Crippen LogP contribution < -0.4 is 10.2 Å². The van der Waals surface area contributed by atoms with Crippen molar-refractivity contribution in [2.24, 2.45) is 5.92 Å². The van der Waals surface area contributed by atoms with Crippen molar-refractivity contribution in [3.8, 4) is 0 Å². The Hall–Kier alpha value is -1.30. The molecule has 0 radical (unpaired) electrons. The molecule has 1 amide bonds. The normalized spacial score (nSPS) is 20.4. The summed E-state index contributed by atoms with van der Waals surface area (Å²) >= 11 is 2.04. The molecule has 1 aromatic heterocycles. The van der Waals surface area contributed by atoms with Crippen LogP contribution in [0.3, 0.4) is 0 Å². The molecule has 0 spiro atoms. The average Bonchev–Trinajstić information content (AvgIpc) is 2.93. The SMILES string of the molecule is O=C1CCCN1c1cnc(NCC2CCSCC2)cn1. The van der Waals surface area contributed by atoms with E-state index in [0.29, 0.717) is 12.2 Å². The van der Waals surface area contributed by atoms with Crippen LogP contribution in [0.2, 0.25) is 0 Å². The second-order valence-electron chi connectivity index (χ2n) is 5.35. The number of aromatic nitrogens is 2. The van der Waals surface area contributed by atoms with Crippen molar-refractivity contribution in [2.45, 2.75) is 25.7 Å². The molecular formula is C14H20N4OS. The molecule has 3 heterocycles. The molecule has 2 saturated heterocycles. The first kappa shape index (κ1) is 13.7. The fourth-order valence-corrected chi connectivity index (χ4v) is 3.85. The molecule has 1 aromatic rings. The summed E-state index contributed by atoms with van der Waals surface area (Å²) < 4.78 is 0. The van der Waals surface area contributed by atoms with Crippen LogP contribution in [0.4, 0.5) is 11.6 Å². The van der Waals surface area contributed by atoms with Gasteiger partial charge >= 0.3 is 0 Å². The maximum atomic E-state index is 11.6. The fraction of sp³-hybridized carbons (Fsp3) is 0.643. The topological polar surface area (TPSA) is 58.1 Å². The van der Waals surface area contributed by atoms with Gasteiger partial charge in [-0.1, -0.05) is 0 Å². The standard InChI is InChI=1S/C14H20N4OS/c19-14-2-1-5-18(14)13-10-16-12(9-17-13)15-8-11-3-6-20-7-4-11/h9-11H,1-8H2,(H,15,16). The molecule has 0 atom stereocenters. The van der Waals surface area contributed by atoms with Crippen LogP contribution in [0.1, 0.15) is 25.7 Å². The van der Waals surface area contributed by atoms with E-state index in [0.717, 1.165) is 31.2 Å². The van der Waals surface area contributed by atoms with Crippen molar-refractivity contribution in [2.75, 3.05) is 34.8 Å². The first-order chi connectivity index (χ1) is 9.83. The van der Waals surface area contributed by atoms with Gasteiger partial charge in [-0.3, -0.25) is 9.69 Å². The van der Waals surface area contributed by atoms with Crippen LogP contribution >= 0.6 is 11.8 Å². The van der Waals surface area contributed by atoms with E-state index in [9.17, 15) is 4.79 Å². The van der Waals surface area contributed by atoms with E-state index in [1.54, 1.807) is 17.3 Å². The van der Waals surface area contributed by atoms with Gasteiger partial charge in [0.15, 0.2) is 5.82 Å². The van der Waals surface area contributed by atoms with E-state index in [1.165, 1.54) is 24.3 Å². The first-order valence-corrected chi connectivity index (χ1v) is 8.42. The van der Waals surface area contributed by atoms with Gasteiger partial charge in [0, 0.05) is 19.5 Å². The van der Waals surface area contributed by atoms with Gasteiger partial charge in [-0.05, 0) is 36.7 Å². The maximum absolute atomic E-state index is 11.6. The molecule has 6 heteroatoms. The zero-order valence-electron chi connectivity index (χ0n) is 11.5. The van der Waals surface area contributed by atoms with E-state index in [4.69, 9.17) is 0 Å². The molecule has 2 aliphatic rings. The quantitative estimate of drug-likeness (QED) is 0.921. The number of amides is 1. The molecule has 3 rings (SSSR count). The predicted molar refractivity (Wildman–Crippen MR) is 82.2 cm³/mol. The molecule has 20 heavy (non-hydrogen) atoms. The van der Waals surface area contributed by atoms with E-state index in [1.807, 2.05) is 11.8 Å². The minimum Gasteiger partial charge on any atom is -0.369 e. The molecule has 0 bridgehead atoms. The number of nitrogens with one attached hydrogen (secondary N) is 1. The summed E-state index contributed by atoms with van der Waals surface area (Å²) in [4.78, 5) is 22.1.